The van der Waals surface area contributed by atoms with Crippen molar-refractivity contribution in [2.24, 2.45) is 0 Å². The smallest absolute Gasteiger partial charge is 0.271 e. The third-order valence-electron chi connectivity index (χ3n) is 5.27. The van der Waals surface area contributed by atoms with E-state index < -0.39 is 39.3 Å². The highest BCUT2D eigenvalue weighted by atomic mass is 32.2. The topological polar surface area (TPSA) is 139 Å². The maximum absolute atomic E-state index is 13.5. The van der Waals surface area contributed by atoms with E-state index in [-0.39, 0.29) is 23.7 Å². The lowest BCUT2D eigenvalue weighted by atomic mass is 10.1. The van der Waals surface area contributed by atoms with Crippen molar-refractivity contribution in [2.45, 2.75) is 33.4 Å². The van der Waals surface area contributed by atoms with Gasteiger partial charge in [0.15, 0.2) is 0 Å². The monoisotopic (exact) mass is 506 g/mol. The van der Waals surface area contributed by atoms with Gasteiger partial charge >= 0.3 is 0 Å². The number of amides is 2. The number of nitrogens with zero attached hydrogens (tertiary/aromatic N) is 3. The van der Waals surface area contributed by atoms with Gasteiger partial charge < -0.3 is 15.0 Å². The molecule has 0 aromatic heterocycles. The first-order chi connectivity index (χ1) is 16.4. The maximum atomic E-state index is 13.5. The van der Waals surface area contributed by atoms with Gasteiger partial charge in [0, 0.05) is 25.2 Å². The number of aryl methyl sites for hydroxylation is 1. The number of hydrogen-bond donors (Lipinski definition) is 1. The second-order valence-corrected chi connectivity index (χ2v) is 9.87. The van der Waals surface area contributed by atoms with Gasteiger partial charge in [0.05, 0.1) is 18.3 Å². The molecule has 11 nitrogen and oxygen atoms in total. The Kier molecular flexibility index (Phi) is 9.18. The van der Waals surface area contributed by atoms with Crippen LogP contribution in [0.25, 0.3) is 0 Å². The molecule has 0 fully saturated rings. The van der Waals surface area contributed by atoms with Crippen molar-refractivity contribution in [3.8, 4) is 5.75 Å². The Bertz CT molecular complexity index is 1200. The summed E-state index contributed by atoms with van der Waals surface area (Å²) in [5, 5.41) is 14.0. The molecule has 0 spiro atoms. The number of nitro benzene ring substituents is 1. The molecule has 0 aliphatic carbocycles. The number of ether oxygens (including phenoxy) is 1. The van der Waals surface area contributed by atoms with Gasteiger partial charge in [-0.3, -0.25) is 24.0 Å². The quantitative estimate of drug-likeness (QED) is 0.364. The first kappa shape index (κ1) is 27.6. The maximum Gasteiger partial charge on any atom is 0.271 e. The summed E-state index contributed by atoms with van der Waals surface area (Å²) in [6.45, 7) is 4.92. The third-order valence-corrected chi connectivity index (χ3v) is 6.40. The second kappa shape index (κ2) is 11.6. The van der Waals surface area contributed by atoms with Crippen LogP contribution >= 0.6 is 0 Å². The van der Waals surface area contributed by atoms with Gasteiger partial charge in [-0.15, -0.1) is 0 Å². The first-order valence-corrected chi connectivity index (χ1v) is 12.7. The standard InChI is InChI=1S/C23H30N4O7S/c1-6-24-23(29)17(3)25(14-18-9-7-8-16(2)12-18)22(28)15-26(35(5,32)33)20-13-19(27(30)31)10-11-21(20)34-4/h7-13,17H,6,14-15H2,1-5H3,(H,24,29). The van der Waals surface area contributed by atoms with Gasteiger partial charge in [-0.1, -0.05) is 29.8 Å². The molecule has 1 N–H and O–H groups in total. The van der Waals surface area contributed by atoms with Crippen molar-refractivity contribution < 1.29 is 27.7 Å². The SMILES string of the molecule is CCNC(=O)C(C)N(Cc1cccc(C)c1)C(=O)CN(c1cc([N+](=O)[O-])ccc1OC)S(C)(=O)=O. The molecule has 0 bridgehead atoms. The molecule has 1 unspecified atom stereocenters. The zero-order valence-corrected chi connectivity index (χ0v) is 21.2. The number of carbonyl (C=O) groups excluding carboxylic acids is 2. The van der Waals surface area contributed by atoms with Crippen LogP contribution in [0.2, 0.25) is 0 Å². The number of benzene rings is 2. The Balaban J connectivity index is 2.51. The minimum Gasteiger partial charge on any atom is -0.495 e. The summed E-state index contributed by atoms with van der Waals surface area (Å²) in [4.78, 5) is 38.0. The molecule has 0 heterocycles. The second-order valence-electron chi connectivity index (χ2n) is 7.96. The van der Waals surface area contributed by atoms with E-state index in [1.165, 1.54) is 24.1 Å². The first-order valence-electron chi connectivity index (χ1n) is 10.8. The summed E-state index contributed by atoms with van der Waals surface area (Å²) in [6, 6.07) is 9.94. The molecule has 2 aromatic rings. The Morgan fingerprint density at radius 2 is 1.89 bits per heavy atom. The zero-order chi connectivity index (χ0) is 26.3. The Hall–Kier alpha value is -3.67. The highest BCUT2D eigenvalue weighted by Gasteiger charge is 2.31. The average molecular weight is 507 g/mol. The molecule has 0 saturated carbocycles. The number of nitro groups is 1. The lowest BCUT2D eigenvalue weighted by molar-refractivity contribution is -0.384. The van der Waals surface area contributed by atoms with E-state index >= 15 is 0 Å². The van der Waals surface area contributed by atoms with Crippen LogP contribution in [-0.2, 0) is 26.2 Å². The number of carbonyl (C=O) groups is 2. The minimum atomic E-state index is -4.07. The lowest BCUT2D eigenvalue weighted by Crippen LogP contribution is -2.51. The number of methoxy groups -OCH3 is 1. The molecule has 2 aromatic carbocycles. The van der Waals surface area contributed by atoms with Crippen LogP contribution in [0.3, 0.4) is 0 Å². The Morgan fingerprint density at radius 3 is 2.43 bits per heavy atom. The Labute approximate surface area is 204 Å². The molecule has 0 radical (unpaired) electrons. The van der Waals surface area contributed by atoms with Crippen LogP contribution in [0.1, 0.15) is 25.0 Å². The van der Waals surface area contributed by atoms with Crippen molar-refractivity contribution in [1.82, 2.24) is 10.2 Å². The summed E-state index contributed by atoms with van der Waals surface area (Å²) >= 11 is 0. The van der Waals surface area contributed by atoms with Crippen molar-refractivity contribution in [1.29, 1.82) is 0 Å². The fraction of sp³-hybridized carbons (Fsp3) is 0.391. The Morgan fingerprint density at radius 1 is 1.20 bits per heavy atom. The largest absolute Gasteiger partial charge is 0.495 e. The van der Waals surface area contributed by atoms with Crippen LogP contribution in [0.4, 0.5) is 11.4 Å². The number of sulfonamides is 1. The third kappa shape index (κ3) is 7.15. The lowest BCUT2D eigenvalue weighted by Gasteiger charge is -2.31. The zero-order valence-electron chi connectivity index (χ0n) is 20.3. The molecule has 0 aliphatic heterocycles. The highest BCUT2D eigenvalue weighted by Crippen LogP contribution is 2.33. The number of rotatable bonds is 11. The summed E-state index contributed by atoms with van der Waals surface area (Å²) < 4.78 is 31.3. The van der Waals surface area contributed by atoms with Crippen molar-refractivity contribution in [3.05, 3.63) is 63.7 Å². The van der Waals surface area contributed by atoms with Crippen LogP contribution in [0.5, 0.6) is 5.75 Å². The van der Waals surface area contributed by atoms with E-state index in [0.717, 1.165) is 27.8 Å². The van der Waals surface area contributed by atoms with E-state index in [1.54, 1.807) is 19.9 Å². The van der Waals surface area contributed by atoms with E-state index in [2.05, 4.69) is 5.32 Å². The summed E-state index contributed by atoms with van der Waals surface area (Å²) in [7, 11) is -2.79. The van der Waals surface area contributed by atoms with Crippen LogP contribution in [-0.4, -0.2) is 62.6 Å². The number of nitrogens with one attached hydrogen (secondary N) is 1. The van der Waals surface area contributed by atoms with E-state index in [0.29, 0.717) is 6.54 Å². The van der Waals surface area contributed by atoms with Crippen molar-refractivity contribution in [3.63, 3.8) is 0 Å². The predicted octanol–water partition coefficient (Wildman–Crippen LogP) is 2.23. The average Bonchev–Trinajstić information content (AvgIpc) is 2.79. The summed E-state index contributed by atoms with van der Waals surface area (Å²) in [5.74, 6) is -1.02. The summed E-state index contributed by atoms with van der Waals surface area (Å²) in [5.41, 5.74) is 1.20. The number of non-ortho nitro benzene ring substituents is 1. The van der Waals surface area contributed by atoms with Gasteiger partial charge in [-0.25, -0.2) is 8.42 Å². The van der Waals surface area contributed by atoms with Gasteiger partial charge in [0.25, 0.3) is 5.69 Å². The molecule has 35 heavy (non-hydrogen) atoms. The van der Waals surface area contributed by atoms with Gasteiger partial charge in [0.1, 0.15) is 24.0 Å². The molecule has 0 aliphatic rings. The number of hydrogen-bond acceptors (Lipinski definition) is 7. The predicted molar refractivity (Wildman–Crippen MR) is 132 cm³/mol. The van der Waals surface area contributed by atoms with E-state index in [9.17, 15) is 28.1 Å². The highest BCUT2D eigenvalue weighted by molar-refractivity contribution is 7.92. The molecule has 190 valence electrons. The molecule has 2 amide bonds. The molecular weight excluding hydrogens is 476 g/mol. The van der Waals surface area contributed by atoms with Gasteiger partial charge in [-0.05, 0) is 32.4 Å². The van der Waals surface area contributed by atoms with Crippen molar-refractivity contribution in [2.75, 3.05) is 30.8 Å². The number of anilines is 1. The van der Waals surface area contributed by atoms with E-state index in [4.69, 9.17) is 4.74 Å². The molecule has 1 atom stereocenters. The fourth-order valence-electron chi connectivity index (χ4n) is 3.49. The summed E-state index contributed by atoms with van der Waals surface area (Å²) in [6.07, 6.45) is 0.886. The van der Waals surface area contributed by atoms with Crippen LogP contribution in [0.15, 0.2) is 42.5 Å². The van der Waals surface area contributed by atoms with E-state index in [1.807, 2.05) is 25.1 Å². The van der Waals surface area contributed by atoms with Crippen LogP contribution in [0, 0.1) is 17.0 Å². The number of likely N-dealkylation sites (N-methyl/N-ethyl adjacent to an activating group) is 1. The van der Waals surface area contributed by atoms with Crippen LogP contribution < -0.4 is 14.4 Å². The normalized spacial score (nSPS) is 11.9. The molecular formula is C23H30N4O7S. The van der Waals surface area contributed by atoms with Crippen molar-refractivity contribution >= 4 is 33.2 Å². The molecule has 12 heteroatoms. The van der Waals surface area contributed by atoms with Gasteiger partial charge in [-0.2, -0.15) is 0 Å². The van der Waals surface area contributed by atoms with Gasteiger partial charge in [0.2, 0.25) is 21.8 Å². The minimum absolute atomic E-state index is 0.0378. The fourth-order valence-corrected chi connectivity index (χ4v) is 4.34. The molecule has 0 saturated heterocycles. The molecule has 2 rings (SSSR count).